The number of anilines is 1. The number of nitrogen functional groups attached to an aromatic ring is 1. The number of fused-ring (bicyclic) bond motifs is 1. The third kappa shape index (κ3) is 7.47. The molecule has 2 atom stereocenters. The Morgan fingerprint density at radius 1 is 1.30 bits per heavy atom. The van der Waals surface area contributed by atoms with Gasteiger partial charge in [-0.05, 0) is 13.8 Å². The molecule has 18 heteroatoms. The van der Waals surface area contributed by atoms with Crippen LogP contribution in [0.4, 0.5) is 5.13 Å². The quantitative estimate of drug-likeness (QED) is 0.0929. The van der Waals surface area contributed by atoms with E-state index in [2.05, 4.69) is 15.5 Å². The van der Waals surface area contributed by atoms with Gasteiger partial charge in [0.1, 0.15) is 23.7 Å². The van der Waals surface area contributed by atoms with Crippen molar-refractivity contribution in [1.29, 1.82) is 0 Å². The van der Waals surface area contributed by atoms with Gasteiger partial charge in [-0.25, -0.2) is 4.98 Å². The van der Waals surface area contributed by atoms with E-state index in [1.54, 1.807) is 0 Å². The number of thioether (sulfide) groups is 1. The first-order valence-electron chi connectivity index (χ1n) is 9.84. The van der Waals surface area contributed by atoms with Crippen LogP contribution in [-0.2, 0) is 33.5 Å². The molecule has 2 aliphatic heterocycles. The summed E-state index contributed by atoms with van der Waals surface area (Å²) >= 11 is 2.13. The van der Waals surface area contributed by atoms with Crippen molar-refractivity contribution in [3.8, 4) is 0 Å². The third-order valence-electron chi connectivity index (χ3n) is 4.81. The molecule has 0 saturated carbocycles. The Kier molecular flexibility index (Phi) is 12.1. The number of carboxylic acid groups (broad SMARTS) is 2. The van der Waals surface area contributed by atoms with E-state index >= 15 is 0 Å². The van der Waals surface area contributed by atoms with E-state index in [0.717, 1.165) is 48.8 Å². The van der Waals surface area contributed by atoms with Crippen LogP contribution in [0.1, 0.15) is 26.5 Å². The number of nitrogens with one attached hydrogen (secondary N) is 1. The molecule has 1 fully saturated rings. The summed E-state index contributed by atoms with van der Waals surface area (Å²) < 4.78 is 4.85. The molecular weight excluding hydrogens is 552 g/mol. The maximum absolute atomic E-state index is 13.0. The number of nitrogens with zero attached hydrogens (tertiary/aromatic N) is 3. The van der Waals surface area contributed by atoms with Gasteiger partial charge >= 0.3 is 65.1 Å². The molecule has 3 rings (SSSR count). The van der Waals surface area contributed by atoms with E-state index < -0.39 is 58.1 Å². The molecule has 0 unspecified atom stereocenters. The molecule has 3 heterocycles. The number of carbonyl (C=O) groups is 5. The monoisotopic (exact) mass is 571 g/mol. The number of oxime groups is 1. The van der Waals surface area contributed by atoms with Gasteiger partial charge in [0.15, 0.2) is 16.4 Å². The van der Waals surface area contributed by atoms with E-state index in [0.29, 0.717) is 0 Å². The molecule has 0 aliphatic carbocycles. The van der Waals surface area contributed by atoms with Crippen LogP contribution in [-0.4, -0.2) is 74.7 Å². The molecule has 1 aromatic rings. The number of aliphatic carboxylic acids is 2. The molecular formula is C19H19N5Na2O9S2. The predicted octanol–water partition coefficient (Wildman–Crippen LogP) is -9.05. The standard InChI is InChI=1S/C19H21N5O9S2.2Na/c1-7(25)32-4-8-5-34-15-11(14(27)24(15)12(8)16(28)29)22-13(26)10(9-6-35-18(20)21-9)23-33-19(2,3)17(30)31;;/h6,11,15H,4-5H2,1-3H3,(H2,20,21)(H,22,26)(H,28,29)(H,30,31);;/q;2*+1/p-2/b23-10-;;/t11-,15-;;/m1../s1. The second-order valence-corrected chi connectivity index (χ2v) is 9.78. The average Bonchev–Trinajstić information content (AvgIpc) is 3.20. The van der Waals surface area contributed by atoms with Crippen molar-refractivity contribution in [3.63, 3.8) is 0 Å². The summed E-state index contributed by atoms with van der Waals surface area (Å²) in [5.74, 6) is -5.43. The number of aromatic nitrogens is 1. The molecule has 2 aliphatic rings. The van der Waals surface area contributed by atoms with Crippen LogP contribution in [0, 0.1) is 0 Å². The van der Waals surface area contributed by atoms with Crippen molar-refractivity contribution < 1.29 is 103 Å². The largest absolute Gasteiger partial charge is 1.00 e. The normalized spacial score (nSPS) is 18.9. The minimum Gasteiger partial charge on any atom is -0.546 e. The summed E-state index contributed by atoms with van der Waals surface area (Å²) in [4.78, 5) is 69.6. The fourth-order valence-electron chi connectivity index (χ4n) is 2.98. The van der Waals surface area contributed by atoms with Crippen LogP contribution < -0.4 is 80.4 Å². The summed E-state index contributed by atoms with van der Waals surface area (Å²) in [5, 5.41) is 29.6. The molecule has 2 amide bonds. The number of amides is 2. The summed E-state index contributed by atoms with van der Waals surface area (Å²) in [5.41, 5.74) is 2.99. The number of hydrogen-bond donors (Lipinski definition) is 2. The first kappa shape index (κ1) is 33.4. The van der Waals surface area contributed by atoms with Crippen LogP contribution in [0.5, 0.6) is 0 Å². The predicted molar refractivity (Wildman–Crippen MR) is 117 cm³/mol. The summed E-state index contributed by atoms with van der Waals surface area (Å²) in [6.07, 6.45) is 0. The van der Waals surface area contributed by atoms with Crippen molar-refractivity contribution in [2.75, 3.05) is 18.1 Å². The number of thiazole rings is 1. The Bertz CT molecular complexity index is 1170. The third-order valence-corrected chi connectivity index (χ3v) is 6.83. The van der Waals surface area contributed by atoms with Crippen molar-refractivity contribution >= 4 is 63.7 Å². The SMILES string of the molecule is CC(=O)OCC1=C(C(=O)[O-])N2C(=O)[C@@H](NC(=O)/C(=N\OC(C)(C)C(=O)[O-])c3csc(N)n3)[C@H]2SC1.[Na+].[Na+]. The minimum atomic E-state index is -1.89. The van der Waals surface area contributed by atoms with Gasteiger partial charge < -0.3 is 40.4 Å². The summed E-state index contributed by atoms with van der Waals surface area (Å²) in [6.45, 7) is 3.14. The fraction of sp³-hybridized carbons (Fsp3) is 0.421. The average molecular weight is 572 g/mol. The Hall–Kier alpha value is -1.66. The van der Waals surface area contributed by atoms with E-state index in [9.17, 15) is 34.2 Å². The van der Waals surface area contributed by atoms with Gasteiger partial charge in [0.2, 0.25) is 0 Å². The molecule has 1 aromatic heterocycles. The molecule has 0 spiro atoms. The number of hydrogen-bond acceptors (Lipinski definition) is 14. The molecule has 188 valence electrons. The van der Waals surface area contributed by atoms with Gasteiger partial charge in [0.05, 0.1) is 17.6 Å². The van der Waals surface area contributed by atoms with E-state index in [1.165, 1.54) is 5.38 Å². The smallest absolute Gasteiger partial charge is 0.546 e. The van der Waals surface area contributed by atoms with Gasteiger partial charge in [-0.1, -0.05) is 5.16 Å². The molecule has 3 N–H and O–H groups in total. The Morgan fingerprint density at radius 2 is 1.95 bits per heavy atom. The first-order chi connectivity index (χ1) is 16.3. The fourth-order valence-corrected chi connectivity index (χ4v) is 4.85. The molecule has 0 radical (unpaired) electrons. The number of carboxylic acids is 2. The number of esters is 1. The zero-order valence-electron chi connectivity index (χ0n) is 20.6. The summed E-state index contributed by atoms with van der Waals surface area (Å²) in [7, 11) is 0. The van der Waals surface area contributed by atoms with Crippen LogP contribution >= 0.6 is 23.1 Å². The molecule has 37 heavy (non-hydrogen) atoms. The van der Waals surface area contributed by atoms with E-state index in [1.807, 2.05) is 0 Å². The number of rotatable bonds is 9. The topological polar surface area (TPSA) is 216 Å². The van der Waals surface area contributed by atoms with Crippen molar-refractivity contribution in [2.45, 2.75) is 37.8 Å². The molecule has 1 saturated heterocycles. The van der Waals surface area contributed by atoms with Crippen LogP contribution in [0.15, 0.2) is 21.8 Å². The number of ether oxygens (including phenoxy) is 1. The van der Waals surface area contributed by atoms with Crippen molar-refractivity contribution in [1.82, 2.24) is 15.2 Å². The second kappa shape index (κ2) is 13.4. The Morgan fingerprint density at radius 3 is 2.46 bits per heavy atom. The van der Waals surface area contributed by atoms with Crippen molar-refractivity contribution in [2.24, 2.45) is 5.16 Å². The van der Waals surface area contributed by atoms with Crippen molar-refractivity contribution in [3.05, 3.63) is 22.3 Å². The maximum atomic E-state index is 13.0. The van der Waals surface area contributed by atoms with Gasteiger partial charge in [-0.2, -0.15) is 0 Å². The van der Waals surface area contributed by atoms with E-state index in [-0.39, 0.29) is 87.9 Å². The van der Waals surface area contributed by atoms with Gasteiger partial charge in [0.25, 0.3) is 11.8 Å². The van der Waals surface area contributed by atoms with Gasteiger partial charge in [-0.15, -0.1) is 23.1 Å². The zero-order valence-corrected chi connectivity index (χ0v) is 26.2. The molecule has 14 nitrogen and oxygen atoms in total. The number of carbonyl (C=O) groups excluding carboxylic acids is 5. The van der Waals surface area contributed by atoms with E-state index in [4.69, 9.17) is 15.3 Å². The van der Waals surface area contributed by atoms with Gasteiger partial charge in [-0.3, -0.25) is 19.3 Å². The first-order valence-corrected chi connectivity index (χ1v) is 11.8. The number of β-lactam (4-membered cyclic amide) rings is 1. The second-order valence-electron chi connectivity index (χ2n) is 7.78. The molecule has 0 aromatic carbocycles. The van der Waals surface area contributed by atoms with Crippen LogP contribution in [0.3, 0.4) is 0 Å². The minimum absolute atomic E-state index is 0. The Balaban J connectivity index is 0.00000342. The molecule has 0 bridgehead atoms. The number of nitrogens with two attached hydrogens (primary N) is 1. The summed E-state index contributed by atoms with van der Waals surface area (Å²) in [6, 6.07) is -1.15. The zero-order chi connectivity index (χ0) is 26.1. The van der Waals surface area contributed by atoms with Gasteiger partial charge in [0, 0.05) is 23.6 Å². The van der Waals surface area contributed by atoms with Crippen LogP contribution in [0.2, 0.25) is 0 Å². The Labute approximate surface area is 263 Å². The van der Waals surface area contributed by atoms with Crippen LogP contribution in [0.25, 0.3) is 0 Å². The maximum Gasteiger partial charge on any atom is 1.00 e.